The highest BCUT2D eigenvalue weighted by molar-refractivity contribution is 6.43. The second-order valence-electron chi connectivity index (χ2n) is 6.17. The van der Waals surface area contributed by atoms with Crippen LogP contribution in [-0.2, 0) is 11.3 Å². The first kappa shape index (κ1) is 18.4. The predicted molar refractivity (Wildman–Crippen MR) is 99.4 cm³/mol. The molecule has 0 saturated heterocycles. The summed E-state index contributed by atoms with van der Waals surface area (Å²) in [6.07, 6.45) is 0. The summed E-state index contributed by atoms with van der Waals surface area (Å²) in [5.74, 6) is -1.53. The molecular weight excluding hydrogens is 375 g/mol. The average Bonchev–Trinajstić information content (AvgIpc) is 2.84. The van der Waals surface area contributed by atoms with Gasteiger partial charge in [-0.3, -0.25) is 19.3 Å². The summed E-state index contributed by atoms with van der Waals surface area (Å²) in [5.41, 5.74) is 2.36. The van der Waals surface area contributed by atoms with Crippen molar-refractivity contribution in [1.29, 1.82) is 0 Å². The van der Waals surface area contributed by atoms with E-state index in [9.17, 15) is 14.4 Å². The first-order chi connectivity index (χ1) is 12.3. The fourth-order valence-electron chi connectivity index (χ4n) is 2.76. The lowest BCUT2D eigenvalue weighted by Crippen LogP contribution is -2.47. The zero-order chi connectivity index (χ0) is 19.0. The number of hydrogen-bond acceptors (Lipinski definition) is 3. The molecule has 0 radical (unpaired) electrons. The second-order valence-corrected chi connectivity index (χ2v) is 6.99. The molecule has 1 heterocycles. The minimum absolute atomic E-state index is 0.155. The van der Waals surface area contributed by atoms with E-state index in [1.807, 2.05) is 31.2 Å². The van der Waals surface area contributed by atoms with E-state index in [0.29, 0.717) is 6.54 Å². The highest BCUT2D eigenvalue weighted by atomic mass is 35.5. The molecule has 3 rings (SSSR count). The van der Waals surface area contributed by atoms with Gasteiger partial charge < -0.3 is 5.32 Å². The van der Waals surface area contributed by atoms with Gasteiger partial charge in [0, 0.05) is 6.54 Å². The Kier molecular flexibility index (Phi) is 5.03. The molecule has 0 bridgehead atoms. The highest BCUT2D eigenvalue weighted by Gasteiger charge is 2.41. The Bertz CT molecular complexity index is 869. The zero-order valence-corrected chi connectivity index (χ0v) is 15.7. The molecule has 0 fully saturated rings. The average molecular weight is 391 g/mol. The molecule has 2 aromatic rings. The molecule has 1 aliphatic heterocycles. The van der Waals surface area contributed by atoms with Gasteiger partial charge in [-0.2, -0.15) is 0 Å². The summed E-state index contributed by atoms with van der Waals surface area (Å²) in [6, 6.07) is 9.47. The van der Waals surface area contributed by atoms with Crippen LogP contribution >= 0.6 is 23.2 Å². The Morgan fingerprint density at radius 2 is 1.54 bits per heavy atom. The number of rotatable bonds is 4. The minimum atomic E-state index is -0.953. The summed E-state index contributed by atoms with van der Waals surface area (Å²) in [6.45, 7) is 3.80. The van der Waals surface area contributed by atoms with E-state index in [4.69, 9.17) is 23.2 Å². The lowest BCUT2D eigenvalue weighted by Gasteiger charge is -2.21. The van der Waals surface area contributed by atoms with Crippen molar-refractivity contribution < 1.29 is 14.4 Å². The Morgan fingerprint density at radius 1 is 1.04 bits per heavy atom. The van der Waals surface area contributed by atoms with Gasteiger partial charge in [-0.15, -0.1) is 0 Å². The number of carbonyl (C=O) groups is 3. The van der Waals surface area contributed by atoms with Gasteiger partial charge in [-0.05, 0) is 31.5 Å². The van der Waals surface area contributed by atoms with Crippen LogP contribution in [0.5, 0.6) is 0 Å². The van der Waals surface area contributed by atoms with E-state index in [1.54, 1.807) is 0 Å². The van der Waals surface area contributed by atoms with Gasteiger partial charge in [0.1, 0.15) is 6.04 Å². The fourth-order valence-corrected chi connectivity index (χ4v) is 3.09. The van der Waals surface area contributed by atoms with E-state index in [2.05, 4.69) is 5.32 Å². The Balaban J connectivity index is 1.74. The summed E-state index contributed by atoms with van der Waals surface area (Å²) < 4.78 is 0. The number of nitrogens with zero attached hydrogens (tertiary/aromatic N) is 1. The molecule has 0 saturated carbocycles. The fraction of sp³-hybridized carbons (Fsp3) is 0.211. The van der Waals surface area contributed by atoms with Crippen molar-refractivity contribution >= 4 is 40.9 Å². The maximum absolute atomic E-state index is 12.6. The molecule has 0 aliphatic carbocycles. The van der Waals surface area contributed by atoms with Gasteiger partial charge in [-0.25, -0.2) is 0 Å². The maximum Gasteiger partial charge on any atom is 0.262 e. The van der Waals surface area contributed by atoms with Gasteiger partial charge in [0.05, 0.1) is 21.2 Å². The number of amides is 3. The van der Waals surface area contributed by atoms with Crippen molar-refractivity contribution in [3.05, 3.63) is 68.7 Å². The third-order valence-electron chi connectivity index (χ3n) is 4.31. The van der Waals surface area contributed by atoms with Crippen LogP contribution in [0.3, 0.4) is 0 Å². The number of fused-ring (bicyclic) bond motifs is 1. The largest absolute Gasteiger partial charge is 0.350 e. The van der Waals surface area contributed by atoms with Gasteiger partial charge >= 0.3 is 0 Å². The monoisotopic (exact) mass is 390 g/mol. The lowest BCUT2D eigenvalue weighted by molar-refractivity contribution is -0.124. The first-order valence-electron chi connectivity index (χ1n) is 7.99. The Hall–Kier alpha value is -2.37. The van der Waals surface area contributed by atoms with Gasteiger partial charge in [-0.1, -0.05) is 53.0 Å². The normalized spacial score (nSPS) is 14.4. The standard InChI is InChI=1S/C19H16Cl2N2O3/c1-10-3-5-12(6-4-10)9-22-17(24)11(2)23-18(25)13-7-15(20)16(21)8-14(13)19(23)26/h3-8,11H,9H2,1-2H3,(H,22,24). The SMILES string of the molecule is Cc1ccc(CNC(=O)C(C)N2C(=O)c3cc(Cl)c(Cl)cc3C2=O)cc1. The van der Waals surface area contributed by atoms with Crippen molar-refractivity contribution in [3.8, 4) is 0 Å². The third-order valence-corrected chi connectivity index (χ3v) is 5.04. The van der Waals surface area contributed by atoms with Crippen LogP contribution in [0.15, 0.2) is 36.4 Å². The van der Waals surface area contributed by atoms with Crippen LogP contribution in [0, 0.1) is 6.92 Å². The minimum Gasteiger partial charge on any atom is -0.350 e. The van der Waals surface area contributed by atoms with Crippen LogP contribution < -0.4 is 5.32 Å². The number of nitrogens with one attached hydrogen (secondary N) is 1. The summed E-state index contributed by atoms with van der Waals surface area (Å²) in [4.78, 5) is 38.5. The Labute approximate surface area is 160 Å². The first-order valence-corrected chi connectivity index (χ1v) is 8.75. The number of carbonyl (C=O) groups excluding carboxylic acids is 3. The molecule has 0 aromatic heterocycles. The molecule has 0 spiro atoms. The molecule has 1 atom stereocenters. The number of aryl methyl sites for hydroxylation is 1. The van der Waals surface area contributed by atoms with E-state index >= 15 is 0 Å². The van der Waals surface area contributed by atoms with E-state index in [1.165, 1.54) is 19.1 Å². The lowest BCUT2D eigenvalue weighted by atomic mass is 10.1. The van der Waals surface area contributed by atoms with Crippen molar-refractivity contribution in [2.75, 3.05) is 0 Å². The van der Waals surface area contributed by atoms with Gasteiger partial charge in [0.15, 0.2) is 0 Å². The summed E-state index contributed by atoms with van der Waals surface area (Å²) in [5, 5.41) is 3.12. The van der Waals surface area contributed by atoms with Crippen LogP contribution in [0.2, 0.25) is 10.0 Å². The van der Waals surface area contributed by atoms with Crippen LogP contribution in [0.4, 0.5) is 0 Å². The molecule has 26 heavy (non-hydrogen) atoms. The maximum atomic E-state index is 12.6. The van der Waals surface area contributed by atoms with Crippen molar-refractivity contribution in [1.82, 2.24) is 10.2 Å². The van der Waals surface area contributed by atoms with Gasteiger partial charge in [0.2, 0.25) is 5.91 Å². The number of imide groups is 1. The van der Waals surface area contributed by atoms with Crippen molar-refractivity contribution in [2.45, 2.75) is 26.4 Å². The molecule has 7 heteroatoms. The van der Waals surface area contributed by atoms with E-state index < -0.39 is 23.8 Å². The second kappa shape index (κ2) is 7.09. The smallest absolute Gasteiger partial charge is 0.262 e. The molecule has 5 nitrogen and oxygen atoms in total. The molecular formula is C19H16Cl2N2O3. The molecule has 2 aromatic carbocycles. The van der Waals surface area contributed by atoms with Crippen molar-refractivity contribution in [3.63, 3.8) is 0 Å². The molecule has 1 N–H and O–H groups in total. The van der Waals surface area contributed by atoms with E-state index in [0.717, 1.165) is 16.0 Å². The van der Waals surface area contributed by atoms with Gasteiger partial charge in [0.25, 0.3) is 11.8 Å². The molecule has 134 valence electrons. The predicted octanol–water partition coefficient (Wildman–Crippen LogP) is 3.60. The number of benzene rings is 2. The quantitative estimate of drug-likeness (QED) is 0.810. The molecule has 1 aliphatic rings. The topological polar surface area (TPSA) is 66.5 Å². The molecule has 3 amide bonds. The summed E-state index contributed by atoms with van der Waals surface area (Å²) in [7, 11) is 0. The molecule has 1 unspecified atom stereocenters. The summed E-state index contributed by atoms with van der Waals surface area (Å²) >= 11 is 11.9. The number of hydrogen-bond donors (Lipinski definition) is 1. The van der Waals surface area contributed by atoms with Crippen molar-refractivity contribution in [2.24, 2.45) is 0 Å². The Morgan fingerprint density at radius 3 is 2.04 bits per heavy atom. The third kappa shape index (κ3) is 3.32. The zero-order valence-electron chi connectivity index (χ0n) is 14.2. The van der Waals surface area contributed by atoms with Crippen LogP contribution in [0.1, 0.15) is 38.8 Å². The number of halogens is 2. The van der Waals surface area contributed by atoms with E-state index in [-0.39, 0.29) is 21.2 Å². The van der Waals surface area contributed by atoms with Crippen LogP contribution in [-0.4, -0.2) is 28.7 Å². The van der Waals surface area contributed by atoms with Crippen LogP contribution in [0.25, 0.3) is 0 Å². The highest BCUT2D eigenvalue weighted by Crippen LogP contribution is 2.32.